The Morgan fingerprint density at radius 3 is 2.83 bits per heavy atom. The third-order valence-corrected chi connectivity index (χ3v) is 3.74. The lowest BCUT2D eigenvalue weighted by molar-refractivity contribution is 0.318. The fourth-order valence-electron chi connectivity index (χ4n) is 2.59. The zero-order chi connectivity index (χ0) is 17.1. The van der Waals surface area contributed by atoms with Crippen LogP contribution in [0.15, 0.2) is 42.5 Å². The summed E-state index contributed by atoms with van der Waals surface area (Å²) in [6.45, 7) is 2.30. The molecule has 0 atom stereocenters. The molecule has 1 aromatic heterocycles. The smallest absolute Gasteiger partial charge is 0.161 e. The van der Waals surface area contributed by atoms with Crippen molar-refractivity contribution in [3.05, 3.63) is 53.9 Å². The minimum atomic E-state index is 0.0789. The monoisotopic (exact) mass is 319 g/mol. The van der Waals surface area contributed by atoms with Gasteiger partial charge in [0.05, 0.1) is 23.2 Å². The second-order valence-electron chi connectivity index (χ2n) is 5.31. The summed E-state index contributed by atoms with van der Waals surface area (Å²) in [7, 11) is 1.89. The fourth-order valence-corrected chi connectivity index (χ4v) is 2.59. The standard InChI is InChI=1S/C19H17N3O2/c1-3-24-18-11-13(8-9-17(18)23)10-14(12-20)19-21-15-6-4-5-7-16(15)22(19)2/h4-11,23H,3H2,1-2H3/b14-10-. The van der Waals surface area contributed by atoms with Gasteiger partial charge < -0.3 is 14.4 Å². The van der Waals surface area contributed by atoms with Crippen LogP contribution < -0.4 is 4.74 Å². The second kappa shape index (κ2) is 6.47. The van der Waals surface area contributed by atoms with Crippen molar-refractivity contribution in [3.8, 4) is 17.6 Å². The minimum Gasteiger partial charge on any atom is -0.504 e. The number of rotatable bonds is 4. The van der Waals surface area contributed by atoms with Gasteiger partial charge in [-0.25, -0.2) is 4.98 Å². The molecule has 1 heterocycles. The van der Waals surface area contributed by atoms with E-state index in [-0.39, 0.29) is 5.75 Å². The first-order chi connectivity index (χ1) is 11.6. The van der Waals surface area contributed by atoms with E-state index in [9.17, 15) is 10.4 Å². The Morgan fingerprint density at radius 1 is 1.33 bits per heavy atom. The number of hydrogen-bond donors (Lipinski definition) is 1. The Kier molecular flexibility index (Phi) is 4.21. The largest absolute Gasteiger partial charge is 0.504 e. The molecular weight excluding hydrogens is 302 g/mol. The molecule has 1 N–H and O–H groups in total. The molecule has 3 rings (SSSR count). The van der Waals surface area contributed by atoms with E-state index < -0.39 is 0 Å². The SMILES string of the molecule is CCOc1cc(/C=C(/C#N)c2nc3ccccc3n2C)ccc1O. The summed E-state index contributed by atoms with van der Waals surface area (Å²) >= 11 is 0. The van der Waals surface area contributed by atoms with E-state index in [1.165, 1.54) is 0 Å². The predicted molar refractivity (Wildman–Crippen MR) is 93.5 cm³/mol. The van der Waals surface area contributed by atoms with Crippen LogP contribution >= 0.6 is 0 Å². The highest BCUT2D eigenvalue weighted by molar-refractivity contribution is 5.91. The van der Waals surface area contributed by atoms with Gasteiger partial charge in [0.25, 0.3) is 0 Å². The molecule has 0 amide bonds. The van der Waals surface area contributed by atoms with Crippen molar-refractivity contribution in [1.82, 2.24) is 9.55 Å². The third kappa shape index (κ3) is 2.82. The number of phenolic OH excluding ortho intramolecular Hbond substituents is 1. The topological polar surface area (TPSA) is 71.1 Å². The molecular formula is C19H17N3O2. The number of nitrogens with zero attached hydrogens (tertiary/aromatic N) is 3. The highest BCUT2D eigenvalue weighted by Crippen LogP contribution is 2.29. The molecule has 0 spiro atoms. The summed E-state index contributed by atoms with van der Waals surface area (Å²) in [6.07, 6.45) is 1.74. The van der Waals surface area contributed by atoms with E-state index in [4.69, 9.17) is 4.74 Å². The number of nitriles is 1. The molecule has 0 aliphatic rings. The first kappa shape index (κ1) is 15.6. The van der Waals surface area contributed by atoms with E-state index in [2.05, 4.69) is 11.1 Å². The van der Waals surface area contributed by atoms with Crippen LogP contribution in [0.5, 0.6) is 11.5 Å². The van der Waals surface area contributed by atoms with Crippen LogP contribution in [0.2, 0.25) is 0 Å². The van der Waals surface area contributed by atoms with Gasteiger partial charge in [0, 0.05) is 7.05 Å². The Bertz CT molecular complexity index is 964. The van der Waals surface area contributed by atoms with Gasteiger partial charge in [0.2, 0.25) is 0 Å². The van der Waals surface area contributed by atoms with Crippen LogP contribution in [0.3, 0.4) is 0 Å². The van der Waals surface area contributed by atoms with E-state index >= 15 is 0 Å². The predicted octanol–water partition coefficient (Wildman–Crippen LogP) is 3.74. The van der Waals surface area contributed by atoms with Crippen LogP contribution in [0.25, 0.3) is 22.7 Å². The van der Waals surface area contributed by atoms with Gasteiger partial charge in [-0.3, -0.25) is 0 Å². The lowest BCUT2D eigenvalue weighted by atomic mass is 10.1. The van der Waals surface area contributed by atoms with Gasteiger partial charge in [-0.05, 0) is 42.8 Å². The minimum absolute atomic E-state index is 0.0789. The number of hydrogen-bond acceptors (Lipinski definition) is 4. The summed E-state index contributed by atoms with van der Waals surface area (Å²) in [5.41, 5.74) is 3.02. The summed E-state index contributed by atoms with van der Waals surface area (Å²) in [5, 5.41) is 19.4. The molecule has 0 radical (unpaired) electrons. The number of aromatic nitrogens is 2. The number of para-hydroxylation sites is 2. The first-order valence-electron chi connectivity index (χ1n) is 7.63. The fraction of sp³-hybridized carbons (Fsp3) is 0.158. The van der Waals surface area contributed by atoms with Crippen LogP contribution in [0.4, 0.5) is 0 Å². The molecule has 5 heteroatoms. The number of imidazole rings is 1. The van der Waals surface area contributed by atoms with Gasteiger partial charge in [-0.15, -0.1) is 0 Å². The molecule has 120 valence electrons. The maximum Gasteiger partial charge on any atom is 0.161 e. The van der Waals surface area contributed by atoms with Gasteiger partial charge >= 0.3 is 0 Å². The maximum atomic E-state index is 9.79. The molecule has 0 fully saturated rings. The highest BCUT2D eigenvalue weighted by atomic mass is 16.5. The van der Waals surface area contributed by atoms with Crippen molar-refractivity contribution in [2.45, 2.75) is 6.92 Å². The number of ether oxygens (including phenoxy) is 1. The van der Waals surface area contributed by atoms with Crippen LogP contribution in [0, 0.1) is 11.3 Å². The Labute approximate surface area is 140 Å². The molecule has 0 aliphatic carbocycles. The average Bonchev–Trinajstić information content (AvgIpc) is 2.93. The Morgan fingerprint density at radius 2 is 2.12 bits per heavy atom. The average molecular weight is 319 g/mol. The van der Waals surface area contributed by atoms with Gasteiger partial charge in [0.15, 0.2) is 17.3 Å². The molecule has 0 saturated carbocycles. The summed E-state index contributed by atoms with van der Waals surface area (Å²) < 4.78 is 7.28. The van der Waals surface area contributed by atoms with Crippen LogP contribution in [-0.2, 0) is 7.05 Å². The van der Waals surface area contributed by atoms with E-state index in [1.54, 1.807) is 24.3 Å². The number of allylic oxidation sites excluding steroid dienone is 1. The van der Waals surface area contributed by atoms with E-state index in [0.717, 1.165) is 16.6 Å². The van der Waals surface area contributed by atoms with Crippen molar-refractivity contribution in [2.75, 3.05) is 6.61 Å². The number of aryl methyl sites for hydroxylation is 1. The molecule has 5 nitrogen and oxygen atoms in total. The number of aromatic hydroxyl groups is 1. The van der Waals surface area contributed by atoms with Crippen LogP contribution in [0.1, 0.15) is 18.3 Å². The summed E-state index contributed by atoms with van der Waals surface area (Å²) in [4.78, 5) is 4.55. The second-order valence-corrected chi connectivity index (χ2v) is 5.31. The zero-order valence-corrected chi connectivity index (χ0v) is 13.5. The van der Waals surface area contributed by atoms with Crippen molar-refractivity contribution in [3.63, 3.8) is 0 Å². The van der Waals surface area contributed by atoms with Crippen molar-refractivity contribution in [1.29, 1.82) is 5.26 Å². The Hall–Kier alpha value is -3.26. The normalized spacial score (nSPS) is 11.5. The van der Waals surface area contributed by atoms with E-state index in [0.29, 0.717) is 23.8 Å². The molecule has 2 aromatic carbocycles. The van der Waals surface area contributed by atoms with Crippen molar-refractivity contribution in [2.24, 2.45) is 7.05 Å². The quantitative estimate of drug-likeness (QED) is 0.744. The molecule has 24 heavy (non-hydrogen) atoms. The molecule has 3 aromatic rings. The van der Waals surface area contributed by atoms with Gasteiger partial charge in [-0.2, -0.15) is 5.26 Å². The Balaban J connectivity index is 2.08. The van der Waals surface area contributed by atoms with E-state index in [1.807, 2.05) is 42.8 Å². The first-order valence-corrected chi connectivity index (χ1v) is 7.63. The highest BCUT2D eigenvalue weighted by Gasteiger charge is 2.12. The number of benzene rings is 2. The number of fused-ring (bicyclic) bond motifs is 1. The third-order valence-electron chi connectivity index (χ3n) is 3.74. The molecule has 0 unspecified atom stereocenters. The van der Waals surface area contributed by atoms with Gasteiger partial charge in [0.1, 0.15) is 6.07 Å². The summed E-state index contributed by atoms with van der Waals surface area (Å²) in [6, 6.07) is 15.0. The molecule has 0 aliphatic heterocycles. The van der Waals surface area contributed by atoms with Crippen LogP contribution in [-0.4, -0.2) is 21.3 Å². The van der Waals surface area contributed by atoms with Gasteiger partial charge in [-0.1, -0.05) is 18.2 Å². The lowest BCUT2D eigenvalue weighted by Crippen LogP contribution is -1.96. The summed E-state index contributed by atoms with van der Waals surface area (Å²) in [5.74, 6) is 1.08. The zero-order valence-electron chi connectivity index (χ0n) is 13.5. The van der Waals surface area contributed by atoms with Crippen molar-refractivity contribution < 1.29 is 9.84 Å². The number of phenols is 1. The maximum absolute atomic E-state index is 9.79. The molecule has 0 bridgehead atoms. The molecule has 0 saturated heterocycles. The van der Waals surface area contributed by atoms with Crippen molar-refractivity contribution >= 4 is 22.7 Å². The lowest BCUT2D eigenvalue weighted by Gasteiger charge is -2.07.